The van der Waals surface area contributed by atoms with Crippen molar-refractivity contribution in [1.29, 1.82) is 5.26 Å². The number of ether oxygens (including phenoxy) is 1. The van der Waals surface area contributed by atoms with Gasteiger partial charge in [0.15, 0.2) is 6.10 Å². The minimum absolute atomic E-state index is 0.339. The molecule has 6 nitrogen and oxygen atoms in total. The van der Waals surface area contributed by atoms with Gasteiger partial charge in [-0.3, -0.25) is 4.79 Å². The number of anilines is 1. The molecule has 29 heavy (non-hydrogen) atoms. The molecule has 1 amide bonds. The largest absolute Gasteiger partial charge is 0.449 e. The van der Waals surface area contributed by atoms with Crippen molar-refractivity contribution in [2.75, 3.05) is 5.32 Å². The quantitative estimate of drug-likeness (QED) is 0.667. The molecule has 0 fully saturated rings. The zero-order chi connectivity index (χ0) is 21.0. The zero-order valence-corrected chi connectivity index (χ0v) is 16.5. The minimum atomic E-state index is -1.02. The van der Waals surface area contributed by atoms with Gasteiger partial charge in [0, 0.05) is 17.1 Å². The Balaban J connectivity index is 1.75. The highest BCUT2D eigenvalue weighted by Gasteiger charge is 2.23. The van der Waals surface area contributed by atoms with Crippen molar-refractivity contribution in [3.63, 3.8) is 0 Å². The molecule has 0 aliphatic carbocycles. The minimum Gasteiger partial charge on any atom is -0.449 e. The first kappa shape index (κ1) is 19.9. The monoisotopic (exact) mass is 387 g/mol. The molecule has 0 bridgehead atoms. The van der Waals surface area contributed by atoms with Crippen molar-refractivity contribution < 1.29 is 14.3 Å². The molecule has 146 valence electrons. The molecule has 1 N–H and O–H groups in total. The number of carbonyl (C=O) groups is 2. The van der Waals surface area contributed by atoms with Crippen LogP contribution in [0.3, 0.4) is 0 Å². The first-order chi connectivity index (χ1) is 13.9. The van der Waals surface area contributed by atoms with Gasteiger partial charge < -0.3 is 14.6 Å². The van der Waals surface area contributed by atoms with Crippen LogP contribution in [0.4, 0.5) is 5.69 Å². The first-order valence-corrected chi connectivity index (χ1v) is 9.17. The average molecular weight is 387 g/mol. The normalized spacial score (nSPS) is 11.4. The Labute approximate surface area is 169 Å². The highest BCUT2D eigenvalue weighted by Crippen LogP contribution is 2.22. The van der Waals surface area contributed by atoms with E-state index in [1.54, 1.807) is 30.3 Å². The van der Waals surface area contributed by atoms with Gasteiger partial charge in [0.25, 0.3) is 5.91 Å². The molecule has 0 spiro atoms. The highest BCUT2D eigenvalue weighted by atomic mass is 16.5. The lowest BCUT2D eigenvalue weighted by Gasteiger charge is -2.14. The molecule has 0 aliphatic rings. The molecule has 0 aliphatic heterocycles. The zero-order valence-electron chi connectivity index (χ0n) is 16.5. The Bertz CT molecular complexity index is 1090. The maximum atomic E-state index is 12.7. The second-order valence-electron chi connectivity index (χ2n) is 6.65. The van der Waals surface area contributed by atoms with Crippen molar-refractivity contribution in [2.24, 2.45) is 0 Å². The Morgan fingerprint density at radius 3 is 2.41 bits per heavy atom. The first-order valence-electron chi connectivity index (χ1n) is 9.17. The summed E-state index contributed by atoms with van der Waals surface area (Å²) in [6.45, 7) is 5.24. The van der Waals surface area contributed by atoms with Crippen molar-refractivity contribution >= 4 is 17.6 Å². The molecular weight excluding hydrogens is 366 g/mol. The van der Waals surface area contributed by atoms with E-state index in [-0.39, 0.29) is 0 Å². The number of hydrogen-bond donors (Lipinski definition) is 1. The number of esters is 1. The van der Waals surface area contributed by atoms with Crippen LogP contribution in [0.25, 0.3) is 5.69 Å². The van der Waals surface area contributed by atoms with Crippen molar-refractivity contribution in [3.8, 4) is 11.8 Å². The molecule has 6 heteroatoms. The average Bonchev–Trinajstić information content (AvgIpc) is 3.03. The van der Waals surface area contributed by atoms with Crippen LogP contribution in [0.2, 0.25) is 0 Å². The number of amides is 1. The van der Waals surface area contributed by atoms with Gasteiger partial charge in [0.05, 0.1) is 16.8 Å². The predicted molar refractivity (Wildman–Crippen MR) is 110 cm³/mol. The molecule has 2 aromatic carbocycles. The van der Waals surface area contributed by atoms with Gasteiger partial charge in [0.1, 0.15) is 6.07 Å². The topological polar surface area (TPSA) is 84.1 Å². The van der Waals surface area contributed by atoms with Crippen molar-refractivity contribution in [2.45, 2.75) is 26.9 Å². The predicted octanol–water partition coefficient (Wildman–Crippen LogP) is 4.15. The van der Waals surface area contributed by atoms with E-state index in [0.717, 1.165) is 17.1 Å². The number of hydrogen-bond acceptors (Lipinski definition) is 4. The Hall–Kier alpha value is -3.85. The molecule has 0 saturated heterocycles. The van der Waals surface area contributed by atoms with Gasteiger partial charge in [-0.1, -0.05) is 30.3 Å². The van der Waals surface area contributed by atoms with E-state index < -0.39 is 18.0 Å². The number of benzene rings is 2. The van der Waals surface area contributed by atoms with Gasteiger partial charge in [-0.25, -0.2) is 4.79 Å². The van der Waals surface area contributed by atoms with Crippen molar-refractivity contribution in [1.82, 2.24) is 4.57 Å². The second kappa shape index (κ2) is 8.44. The fourth-order valence-corrected chi connectivity index (χ4v) is 3.15. The molecular formula is C23H21N3O3. The molecule has 1 atom stereocenters. The fourth-order valence-electron chi connectivity index (χ4n) is 3.15. The number of aromatic nitrogens is 1. The lowest BCUT2D eigenvalue weighted by Crippen LogP contribution is -2.30. The van der Waals surface area contributed by atoms with E-state index >= 15 is 0 Å². The summed E-state index contributed by atoms with van der Waals surface area (Å²) in [7, 11) is 0. The third-order valence-electron chi connectivity index (χ3n) is 4.62. The van der Waals surface area contributed by atoms with Crippen LogP contribution in [0.15, 0.2) is 60.7 Å². The standard InChI is InChI=1S/C23H21N3O3/c1-15-13-20(16(2)26(15)19-10-5-4-6-11-19)23(28)29-17(3)22(27)25-21-12-8-7-9-18(21)14-24/h4-13,17H,1-3H3,(H,25,27)/t17-/m0/s1. The lowest BCUT2D eigenvalue weighted by molar-refractivity contribution is -0.123. The molecule has 0 unspecified atom stereocenters. The second-order valence-corrected chi connectivity index (χ2v) is 6.65. The number of nitrogens with zero attached hydrogens (tertiary/aromatic N) is 2. The summed E-state index contributed by atoms with van der Waals surface area (Å²) >= 11 is 0. The summed E-state index contributed by atoms with van der Waals surface area (Å²) in [6, 6.07) is 20.1. The van der Waals surface area contributed by atoms with Crippen LogP contribution in [0, 0.1) is 25.2 Å². The Kier molecular flexibility index (Phi) is 5.79. The summed E-state index contributed by atoms with van der Waals surface area (Å²) in [5.41, 5.74) is 3.70. The fraction of sp³-hybridized carbons (Fsp3) is 0.174. The van der Waals surface area contributed by atoms with E-state index in [4.69, 9.17) is 10.00 Å². The molecule has 3 rings (SSSR count). The number of para-hydroxylation sites is 2. The van der Waals surface area contributed by atoms with Crippen LogP contribution in [-0.2, 0) is 9.53 Å². The number of nitriles is 1. The number of nitrogens with one attached hydrogen (secondary N) is 1. The molecule has 0 radical (unpaired) electrons. The summed E-state index contributed by atoms with van der Waals surface area (Å²) in [5.74, 6) is -1.07. The SMILES string of the molecule is Cc1cc(C(=O)O[C@@H](C)C(=O)Nc2ccccc2C#N)c(C)n1-c1ccccc1. The van der Waals surface area contributed by atoms with Gasteiger partial charge in [-0.2, -0.15) is 5.26 Å². The smallest absolute Gasteiger partial charge is 0.340 e. The summed E-state index contributed by atoms with van der Waals surface area (Å²) in [5, 5.41) is 11.8. The van der Waals surface area contributed by atoms with Crippen molar-refractivity contribution in [3.05, 3.63) is 83.2 Å². The number of aryl methyl sites for hydroxylation is 1. The van der Waals surface area contributed by atoms with Crippen LogP contribution in [0.1, 0.15) is 34.2 Å². The van der Waals surface area contributed by atoms with Crippen LogP contribution >= 0.6 is 0 Å². The van der Waals surface area contributed by atoms with Crippen LogP contribution in [-0.4, -0.2) is 22.5 Å². The van der Waals surface area contributed by atoms with E-state index in [9.17, 15) is 9.59 Å². The third kappa shape index (κ3) is 4.19. The van der Waals surface area contributed by atoms with Gasteiger partial charge >= 0.3 is 5.97 Å². The third-order valence-corrected chi connectivity index (χ3v) is 4.62. The maximum absolute atomic E-state index is 12.7. The molecule has 3 aromatic rings. The number of carbonyl (C=O) groups excluding carboxylic acids is 2. The van der Waals surface area contributed by atoms with E-state index in [1.807, 2.05) is 54.8 Å². The van der Waals surface area contributed by atoms with Crippen LogP contribution < -0.4 is 5.32 Å². The van der Waals surface area contributed by atoms with Gasteiger partial charge in [0.2, 0.25) is 0 Å². The number of rotatable bonds is 5. The summed E-state index contributed by atoms with van der Waals surface area (Å²) in [6.07, 6.45) is -1.02. The van der Waals surface area contributed by atoms with E-state index in [0.29, 0.717) is 16.8 Å². The van der Waals surface area contributed by atoms with E-state index in [2.05, 4.69) is 5.32 Å². The van der Waals surface area contributed by atoms with E-state index in [1.165, 1.54) is 6.92 Å². The molecule has 0 saturated carbocycles. The summed E-state index contributed by atoms with van der Waals surface area (Å²) in [4.78, 5) is 25.1. The van der Waals surface area contributed by atoms with Crippen LogP contribution in [0.5, 0.6) is 0 Å². The van der Waals surface area contributed by atoms with Gasteiger partial charge in [-0.05, 0) is 51.1 Å². The highest BCUT2D eigenvalue weighted by molar-refractivity contribution is 5.98. The molecule has 1 aromatic heterocycles. The Morgan fingerprint density at radius 2 is 1.72 bits per heavy atom. The lowest BCUT2D eigenvalue weighted by atomic mass is 10.2. The van der Waals surface area contributed by atoms with Gasteiger partial charge in [-0.15, -0.1) is 0 Å². The molecule has 1 heterocycles. The maximum Gasteiger partial charge on any atom is 0.340 e. The summed E-state index contributed by atoms with van der Waals surface area (Å²) < 4.78 is 7.34. The Morgan fingerprint density at radius 1 is 1.07 bits per heavy atom.